The van der Waals surface area contributed by atoms with Crippen molar-refractivity contribution in [3.8, 4) is 0 Å². The van der Waals surface area contributed by atoms with Crippen LogP contribution in [0.3, 0.4) is 0 Å². The van der Waals surface area contributed by atoms with E-state index in [9.17, 15) is 4.79 Å². The highest BCUT2D eigenvalue weighted by molar-refractivity contribution is 5.92. The summed E-state index contributed by atoms with van der Waals surface area (Å²) < 4.78 is 1.78. The third-order valence-corrected chi connectivity index (χ3v) is 2.65. The number of nitrogens with one attached hydrogen (secondary N) is 1. The van der Waals surface area contributed by atoms with Crippen LogP contribution < -0.4 is 5.32 Å². The molecular formula is C11H17N3O. The summed E-state index contributed by atoms with van der Waals surface area (Å²) >= 11 is 0. The molecule has 1 aliphatic rings. The van der Waals surface area contributed by atoms with Gasteiger partial charge >= 0.3 is 0 Å². The summed E-state index contributed by atoms with van der Waals surface area (Å²) in [5.41, 5.74) is 1.63. The van der Waals surface area contributed by atoms with Crippen LogP contribution in [0.1, 0.15) is 48.8 Å². The summed E-state index contributed by atoms with van der Waals surface area (Å²) in [5, 5.41) is 7.15. The summed E-state index contributed by atoms with van der Waals surface area (Å²) in [6, 6.07) is 2.27. The lowest BCUT2D eigenvalue weighted by atomic mass is 10.1. The van der Waals surface area contributed by atoms with Crippen molar-refractivity contribution in [1.29, 1.82) is 0 Å². The molecule has 1 fully saturated rings. The van der Waals surface area contributed by atoms with Gasteiger partial charge in [-0.15, -0.1) is 0 Å². The maximum absolute atomic E-state index is 11.7. The normalized spacial score (nSPS) is 15.7. The first kappa shape index (κ1) is 10.2. The molecule has 0 aromatic carbocycles. The van der Waals surface area contributed by atoms with Crippen molar-refractivity contribution in [2.24, 2.45) is 7.05 Å². The predicted molar refractivity (Wildman–Crippen MR) is 57.8 cm³/mol. The minimum atomic E-state index is -0.0417. The molecule has 0 radical (unpaired) electrons. The average molecular weight is 207 g/mol. The van der Waals surface area contributed by atoms with E-state index in [1.54, 1.807) is 4.68 Å². The highest BCUT2D eigenvalue weighted by atomic mass is 16.2. The molecule has 2 rings (SSSR count). The number of nitrogens with zero attached hydrogens (tertiary/aromatic N) is 2. The third-order valence-electron chi connectivity index (χ3n) is 2.65. The zero-order valence-electron chi connectivity index (χ0n) is 9.45. The Bertz CT molecular complexity index is 377. The second-order valence-electron chi connectivity index (χ2n) is 4.48. The standard InChI is InChI=1S/C11H17N3O/c1-7(2)10-6-9(13-14(10)3)11(15)12-8-4-5-8/h6-8H,4-5H2,1-3H3,(H,12,15). The van der Waals surface area contributed by atoms with Crippen LogP contribution in [0.15, 0.2) is 6.07 Å². The van der Waals surface area contributed by atoms with Gasteiger partial charge in [-0.2, -0.15) is 5.10 Å². The molecule has 4 nitrogen and oxygen atoms in total. The van der Waals surface area contributed by atoms with Crippen LogP contribution >= 0.6 is 0 Å². The molecule has 1 saturated carbocycles. The van der Waals surface area contributed by atoms with Gasteiger partial charge in [-0.1, -0.05) is 13.8 Å². The Kier molecular flexibility index (Phi) is 2.50. The molecule has 0 bridgehead atoms. The maximum atomic E-state index is 11.7. The van der Waals surface area contributed by atoms with Gasteiger partial charge in [0.25, 0.3) is 5.91 Å². The first-order chi connectivity index (χ1) is 7.08. The number of aryl methyl sites for hydroxylation is 1. The van der Waals surface area contributed by atoms with Crippen molar-refractivity contribution >= 4 is 5.91 Å². The van der Waals surface area contributed by atoms with Gasteiger partial charge in [0.1, 0.15) is 5.69 Å². The van der Waals surface area contributed by atoms with E-state index in [0.29, 0.717) is 17.7 Å². The number of carbonyl (C=O) groups is 1. The van der Waals surface area contributed by atoms with Crippen molar-refractivity contribution in [1.82, 2.24) is 15.1 Å². The predicted octanol–water partition coefficient (Wildman–Crippen LogP) is 1.44. The first-order valence-electron chi connectivity index (χ1n) is 5.42. The van der Waals surface area contributed by atoms with Gasteiger partial charge in [0, 0.05) is 18.8 Å². The number of amides is 1. The van der Waals surface area contributed by atoms with E-state index in [4.69, 9.17) is 0 Å². The highest BCUT2D eigenvalue weighted by Gasteiger charge is 2.25. The molecule has 15 heavy (non-hydrogen) atoms. The minimum Gasteiger partial charge on any atom is -0.348 e. The van der Waals surface area contributed by atoms with E-state index in [-0.39, 0.29) is 5.91 Å². The quantitative estimate of drug-likeness (QED) is 0.815. The Hall–Kier alpha value is -1.32. The summed E-state index contributed by atoms with van der Waals surface area (Å²) in [5.74, 6) is 0.352. The van der Waals surface area contributed by atoms with E-state index in [1.807, 2.05) is 13.1 Å². The summed E-state index contributed by atoms with van der Waals surface area (Å²) in [4.78, 5) is 11.7. The van der Waals surface area contributed by atoms with Gasteiger partial charge < -0.3 is 5.32 Å². The third kappa shape index (κ3) is 2.19. The number of hydrogen-bond donors (Lipinski definition) is 1. The Labute approximate surface area is 89.7 Å². The smallest absolute Gasteiger partial charge is 0.272 e. The van der Waals surface area contributed by atoms with Crippen molar-refractivity contribution < 1.29 is 4.79 Å². The summed E-state index contributed by atoms with van der Waals surface area (Å²) in [7, 11) is 1.88. The van der Waals surface area contributed by atoms with Gasteiger partial charge in [-0.25, -0.2) is 0 Å². The molecule has 1 N–H and O–H groups in total. The molecule has 0 atom stereocenters. The fraction of sp³-hybridized carbons (Fsp3) is 0.636. The molecule has 0 unspecified atom stereocenters. The van der Waals surface area contributed by atoms with E-state index in [1.165, 1.54) is 0 Å². The molecular weight excluding hydrogens is 190 g/mol. The van der Waals surface area contributed by atoms with Crippen molar-refractivity contribution in [2.45, 2.75) is 38.6 Å². The molecule has 1 aliphatic carbocycles. The number of carbonyl (C=O) groups excluding carboxylic acids is 1. The topological polar surface area (TPSA) is 46.9 Å². The molecule has 1 amide bonds. The fourth-order valence-corrected chi connectivity index (χ4v) is 1.62. The molecule has 0 aliphatic heterocycles. The molecule has 1 heterocycles. The average Bonchev–Trinajstić information content (AvgIpc) is 2.86. The van der Waals surface area contributed by atoms with Gasteiger partial charge in [0.15, 0.2) is 0 Å². The number of hydrogen-bond acceptors (Lipinski definition) is 2. The van der Waals surface area contributed by atoms with Crippen LogP contribution in [-0.4, -0.2) is 21.7 Å². The van der Waals surface area contributed by atoms with Crippen molar-refractivity contribution in [3.05, 3.63) is 17.5 Å². The Balaban J connectivity index is 2.13. The zero-order chi connectivity index (χ0) is 11.0. The van der Waals surface area contributed by atoms with Gasteiger partial charge in [0.2, 0.25) is 0 Å². The fourth-order valence-electron chi connectivity index (χ4n) is 1.62. The maximum Gasteiger partial charge on any atom is 0.272 e. The van der Waals surface area contributed by atoms with Crippen LogP contribution in [0.4, 0.5) is 0 Å². The SMILES string of the molecule is CC(C)c1cc(C(=O)NC2CC2)nn1C. The monoisotopic (exact) mass is 207 g/mol. The number of aromatic nitrogens is 2. The van der Waals surface area contributed by atoms with Gasteiger partial charge in [0.05, 0.1) is 0 Å². The number of rotatable bonds is 3. The lowest BCUT2D eigenvalue weighted by Gasteiger charge is -2.02. The minimum absolute atomic E-state index is 0.0417. The van der Waals surface area contributed by atoms with Gasteiger partial charge in [-0.3, -0.25) is 9.48 Å². The zero-order valence-corrected chi connectivity index (χ0v) is 9.45. The van der Waals surface area contributed by atoms with E-state index < -0.39 is 0 Å². The van der Waals surface area contributed by atoms with Crippen LogP contribution in [-0.2, 0) is 7.05 Å². The summed E-state index contributed by atoms with van der Waals surface area (Å²) in [6.07, 6.45) is 2.21. The second kappa shape index (κ2) is 3.68. The molecule has 0 spiro atoms. The highest BCUT2D eigenvalue weighted by Crippen LogP contribution is 2.20. The van der Waals surface area contributed by atoms with Crippen LogP contribution in [0.2, 0.25) is 0 Å². The molecule has 1 aromatic rings. The second-order valence-corrected chi connectivity index (χ2v) is 4.48. The van der Waals surface area contributed by atoms with Crippen LogP contribution in [0.25, 0.3) is 0 Å². The van der Waals surface area contributed by atoms with Crippen LogP contribution in [0.5, 0.6) is 0 Å². The van der Waals surface area contributed by atoms with E-state index >= 15 is 0 Å². The molecule has 1 aromatic heterocycles. The van der Waals surface area contributed by atoms with Gasteiger partial charge in [-0.05, 0) is 24.8 Å². The Morgan fingerprint density at radius 2 is 2.27 bits per heavy atom. The lowest BCUT2D eigenvalue weighted by Crippen LogP contribution is -2.25. The van der Waals surface area contributed by atoms with Crippen molar-refractivity contribution in [2.75, 3.05) is 0 Å². The molecule has 0 saturated heterocycles. The van der Waals surface area contributed by atoms with Crippen molar-refractivity contribution in [3.63, 3.8) is 0 Å². The summed E-state index contributed by atoms with van der Waals surface area (Å²) in [6.45, 7) is 4.19. The molecule has 4 heteroatoms. The first-order valence-corrected chi connectivity index (χ1v) is 5.42. The Morgan fingerprint density at radius 3 is 2.73 bits per heavy atom. The van der Waals surface area contributed by atoms with E-state index in [2.05, 4.69) is 24.3 Å². The lowest BCUT2D eigenvalue weighted by molar-refractivity contribution is 0.0945. The van der Waals surface area contributed by atoms with Crippen LogP contribution in [0, 0.1) is 0 Å². The Morgan fingerprint density at radius 1 is 1.60 bits per heavy atom. The van der Waals surface area contributed by atoms with E-state index in [0.717, 1.165) is 18.5 Å². The molecule has 82 valence electrons. The largest absolute Gasteiger partial charge is 0.348 e.